The molecule has 1 aliphatic rings. The van der Waals surface area contributed by atoms with Gasteiger partial charge in [-0.3, -0.25) is 5.10 Å². The van der Waals surface area contributed by atoms with Crippen molar-refractivity contribution in [2.45, 2.75) is 25.2 Å². The molecule has 0 radical (unpaired) electrons. The number of halogens is 2. The Morgan fingerprint density at radius 2 is 1.78 bits per heavy atom. The van der Waals surface area contributed by atoms with Gasteiger partial charge in [-0.1, -0.05) is 47.5 Å². The lowest BCUT2D eigenvalue weighted by atomic mass is 9.96. The molecule has 2 heterocycles. The number of benzene rings is 2. The fraction of sp³-hybridized carbons (Fsp3) is 0.333. The van der Waals surface area contributed by atoms with Crippen LogP contribution in [0.4, 0.5) is 0 Å². The summed E-state index contributed by atoms with van der Waals surface area (Å²) >= 11 is 12.0. The van der Waals surface area contributed by atoms with Crippen LogP contribution >= 0.6 is 23.2 Å². The van der Waals surface area contributed by atoms with E-state index in [4.69, 9.17) is 28.2 Å². The number of aromatic amines is 1. The van der Waals surface area contributed by atoms with E-state index in [2.05, 4.69) is 27.2 Å². The highest BCUT2D eigenvalue weighted by Crippen LogP contribution is 2.27. The maximum absolute atomic E-state index is 6.07. The normalized spacial score (nSPS) is 15.9. The van der Waals surface area contributed by atoms with Crippen molar-refractivity contribution in [1.82, 2.24) is 20.1 Å². The molecule has 140 valence electrons. The van der Waals surface area contributed by atoms with Gasteiger partial charge in [0.25, 0.3) is 0 Å². The number of nitrogens with one attached hydrogen (secondary N) is 1. The van der Waals surface area contributed by atoms with Crippen molar-refractivity contribution in [3.63, 3.8) is 0 Å². The number of nitrogens with zero attached hydrogens (tertiary/aromatic N) is 3. The van der Waals surface area contributed by atoms with Gasteiger partial charge < -0.3 is 4.90 Å². The van der Waals surface area contributed by atoms with Gasteiger partial charge in [0.15, 0.2) is 5.82 Å². The first-order valence-electron chi connectivity index (χ1n) is 9.32. The lowest BCUT2D eigenvalue weighted by Gasteiger charge is -2.30. The molecule has 0 spiro atoms. The van der Waals surface area contributed by atoms with E-state index in [9.17, 15) is 0 Å². The van der Waals surface area contributed by atoms with Crippen LogP contribution in [0.3, 0.4) is 0 Å². The van der Waals surface area contributed by atoms with Gasteiger partial charge >= 0.3 is 0 Å². The van der Waals surface area contributed by atoms with Crippen molar-refractivity contribution in [3.05, 3.63) is 70.0 Å². The summed E-state index contributed by atoms with van der Waals surface area (Å²) in [6.45, 7) is 3.26. The average molecular weight is 401 g/mol. The largest absolute Gasteiger partial charge is 0.303 e. The molecule has 4 rings (SSSR count). The lowest BCUT2D eigenvalue weighted by molar-refractivity contribution is 0.211. The molecule has 4 nitrogen and oxygen atoms in total. The monoisotopic (exact) mass is 400 g/mol. The van der Waals surface area contributed by atoms with Gasteiger partial charge in [0.05, 0.1) is 0 Å². The van der Waals surface area contributed by atoms with E-state index in [-0.39, 0.29) is 0 Å². The molecular formula is C21H22Cl2N4. The molecule has 1 aromatic heterocycles. The van der Waals surface area contributed by atoms with E-state index in [1.807, 2.05) is 36.4 Å². The number of aromatic nitrogens is 3. The van der Waals surface area contributed by atoms with Gasteiger partial charge in [-0.05, 0) is 62.2 Å². The molecule has 0 atom stereocenters. The maximum Gasteiger partial charge on any atom is 0.181 e. The first-order chi connectivity index (χ1) is 13.2. The number of hydrogen-bond acceptors (Lipinski definition) is 3. The molecule has 1 N–H and O–H groups in total. The highest BCUT2D eigenvalue weighted by Gasteiger charge is 2.23. The summed E-state index contributed by atoms with van der Waals surface area (Å²) in [6, 6.07) is 15.8. The highest BCUT2D eigenvalue weighted by atomic mass is 35.5. The Morgan fingerprint density at radius 1 is 1.00 bits per heavy atom. The van der Waals surface area contributed by atoms with Gasteiger partial charge in [0.1, 0.15) is 5.82 Å². The minimum atomic E-state index is 0.442. The van der Waals surface area contributed by atoms with E-state index in [1.54, 1.807) is 0 Å². The summed E-state index contributed by atoms with van der Waals surface area (Å²) in [5.41, 5.74) is 2.29. The van der Waals surface area contributed by atoms with Crippen LogP contribution in [-0.2, 0) is 6.42 Å². The molecule has 1 saturated heterocycles. The molecule has 0 aliphatic carbocycles. The number of piperidine rings is 1. The Balaban J connectivity index is 1.31. The summed E-state index contributed by atoms with van der Waals surface area (Å²) in [5.74, 6) is 2.15. The fourth-order valence-electron chi connectivity index (χ4n) is 3.58. The second-order valence-corrected chi connectivity index (χ2v) is 7.92. The third-order valence-electron chi connectivity index (χ3n) is 5.19. The van der Waals surface area contributed by atoms with Gasteiger partial charge in [0, 0.05) is 28.1 Å². The van der Waals surface area contributed by atoms with Crippen molar-refractivity contribution < 1.29 is 0 Å². The summed E-state index contributed by atoms with van der Waals surface area (Å²) in [5, 5.41) is 9.02. The van der Waals surface area contributed by atoms with Crippen LogP contribution < -0.4 is 0 Å². The molecule has 1 aliphatic heterocycles. The predicted molar refractivity (Wildman–Crippen MR) is 110 cm³/mol. The second kappa shape index (κ2) is 8.42. The zero-order valence-corrected chi connectivity index (χ0v) is 16.5. The third-order valence-corrected chi connectivity index (χ3v) is 5.68. The number of rotatable bonds is 5. The molecule has 0 amide bonds. The zero-order valence-electron chi connectivity index (χ0n) is 15.0. The van der Waals surface area contributed by atoms with E-state index in [0.29, 0.717) is 10.9 Å². The zero-order chi connectivity index (χ0) is 18.6. The second-order valence-electron chi connectivity index (χ2n) is 7.05. The van der Waals surface area contributed by atoms with E-state index >= 15 is 0 Å². The molecule has 6 heteroatoms. The first kappa shape index (κ1) is 18.5. The average Bonchev–Trinajstić information content (AvgIpc) is 3.18. The van der Waals surface area contributed by atoms with Crippen molar-refractivity contribution in [2.75, 3.05) is 19.6 Å². The van der Waals surface area contributed by atoms with E-state index in [0.717, 1.165) is 61.1 Å². The van der Waals surface area contributed by atoms with Crippen LogP contribution in [0.15, 0.2) is 48.5 Å². The highest BCUT2D eigenvalue weighted by molar-refractivity contribution is 6.31. The summed E-state index contributed by atoms with van der Waals surface area (Å²) in [7, 11) is 0. The van der Waals surface area contributed by atoms with Gasteiger partial charge in [-0.25, -0.2) is 4.98 Å². The Morgan fingerprint density at radius 3 is 2.52 bits per heavy atom. The number of H-pyrrole nitrogens is 1. The van der Waals surface area contributed by atoms with Crippen LogP contribution in [0, 0.1) is 0 Å². The molecule has 3 aromatic rings. The molecule has 0 bridgehead atoms. The third kappa shape index (κ3) is 4.70. The van der Waals surface area contributed by atoms with E-state index in [1.165, 1.54) is 5.56 Å². The van der Waals surface area contributed by atoms with Crippen molar-refractivity contribution in [1.29, 1.82) is 0 Å². The Bertz CT molecular complexity index is 883. The minimum absolute atomic E-state index is 0.442. The molecular weight excluding hydrogens is 379 g/mol. The summed E-state index contributed by atoms with van der Waals surface area (Å²) < 4.78 is 0. The molecule has 2 aromatic carbocycles. The lowest BCUT2D eigenvalue weighted by Crippen LogP contribution is -2.34. The van der Waals surface area contributed by atoms with Crippen molar-refractivity contribution in [2.24, 2.45) is 0 Å². The Labute approximate surface area is 169 Å². The minimum Gasteiger partial charge on any atom is -0.303 e. The van der Waals surface area contributed by atoms with Crippen LogP contribution in [-0.4, -0.2) is 39.7 Å². The van der Waals surface area contributed by atoms with Crippen molar-refractivity contribution in [3.8, 4) is 11.4 Å². The van der Waals surface area contributed by atoms with Gasteiger partial charge in [0.2, 0.25) is 0 Å². The van der Waals surface area contributed by atoms with Crippen LogP contribution in [0.2, 0.25) is 10.0 Å². The predicted octanol–water partition coefficient (Wildman–Crippen LogP) is 5.20. The smallest absolute Gasteiger partial charge is 0.181 e. The van der Waals surface area contributed by atoms with E-state index < -0.39 is 0 Å². The quantitative estimate of drug-likeness (QED) is 0.639. The Kier molecular flexibility index (Phi) is 5.77. The van der Waals surface area contributed by atoms with Crippen LogP contribution in [0.1, 0.15) is 30.1 Å². The van der Waals surface area contributed by atoms with Gasteiger partial charge in [-0.2, -0.15) is 5.10 Å². The molecule has 0 unspecified atom stereocenters. The number of likely N-dealkylation sites (tertiary alicyclic amines) is 1. The maximum atomic E-state index is 6.07. The summed E-state index contributed by atoms with van der Waals surface area (Å²) in [4.78, 5) is 7.24. The van der Waals surface area contributed by atoms with Gasteiger partial charge in [-0.15, -0.1) is 0 Å². The first-order valence-corrected chi connectivity index (χ1v) is 10.1. The molecule has 1 fully saturated rings. The fourth-order valence-corrected chi connectivity index (χ4v) is 3.90. The summed E-state index contributed by atoms with van der Waals surface area (Å²) in [6.07, 6.45) is 3.26. The topological polar surface area (TPSA) is 44.8 Å². The van der Waals surface area contributed by atoms with Crippen LogP contribution in [0.25, 0.3) is 11.4 Å². The standard InChI is InChI=1S/C21H22Cl2N4/c22-18-6-4-15(5-7-18)8-11-27-12-9-16(10-13-27)20-24-21(26-25-20)17-2-1-3-19(23)14-17/h1-7,14,16H,8-13H2,(H,24,25,26). The Hall–Kier alpha value is -1.88. The molecule has 27 heavy (non-hydrogen) atoms. The SMILES string of the molecule is Clc1ccc(CCN2CCC(c3nc(-c4cccc(Cl)c4)n[nH]3)CC2)cc1. The van der Waals surface area contributed by atoms with Crippen molar-refractivity contribution >= 4 is 23.2 Å². The molecule has 0 saturated carbocycles. The number of hydrogen-bond donors (Lipinski definition) is 1. The van der Waals surface area contributed by atoms with Crippen LogP contribution in [0.5, 0.6) is 0 Å².